The molecular weight excluding hydrogens is 434 g/mol. The summed E-state index contributed by atoms with van der Waals surface area (Å²) in [6.45, 7) is 7.38. The molecule has 3 aromatic heterocycles. The minimum absolute atomic E-state index is 0.0579. The van der Waals surface area contributed by atoms with Crippen LogP contribution in [-0.2, 0) is 13.0 Å². The normalized spacial score (nSPS) is 11.2. The standard InChI is InChI=1S/C29H29N5O/c1-20-8-4-5-9-24(20)14-15-30-29(35)25-12-10-23(11-13-25)19-34-27-26(21(2)18-22(3)31-27)28(32-34)33-16-6-7-17-33/h4-13,16-18H,14-15,19H2,1-3H3,(H,30,35). The maximum atomic E-state index is 12.6. The molecule has 1 N–H and O–H groups in total. The topological polar surface area (TPSA) is 64.7 Å². The van der Waals surface area contributed by atoms with Crippen LogP contribution in [0, 0.1) is 20.8 Å². The van der Waals surface area contributed by atoms with Crippen molar-refractivity contribution in [1.29, 1.82) is 0 Å². The molecule has 5 aromatic rings. The minimum atomic E-state index is -0.0579. The number of rotatable bonds is 7. The Hall–Kier alpha value is -4.19. The molecule has 0 aliphatic carbocycles. The van der Waals surface area contributed by atoms with Gasteiger partial charge in [-0.3, -0.25) is 4.79 Å². The first-order valence-electron chi connectivity index (χ1n) is 11.9. The summed E-state index contributed by atoms with van der Waals surface area (Å²) in [5, 5.41) is 8.98. The summed E-state index contributed by atoms with van der Waals surface area (Å²) < 4.78 is 3.97. The van der Waals surface area contributed by atoms with Gasteiger partial charge in [-0.15, -0.1) is 0 Å². The van der Waals surface area contributed by atoms with Crippen molar-refractivity contribution in [2.45, 2.75) is 33.7 Å². The predicted octanol–water partition coefficient (Wildman–Crippen LogP) is 5.17. The van der Waals surface area contributed by atoms with Crippen LogP contribution in [0.5, 0.6) is 0 Å². The molecule has 5 rings (SSSR count). The molecule has 0 fully saturated rings. The number of hydrogen-bond donors (Lipinski definition) is 1. The highest BCUT2D eigenvalue weighted by Crippen LogP contribution is 2.25. The maximum Gasteiger partial charge on any atom is 0.251 e. The number of carbonyl (C=O) groups is 1. The Morgan fingerprint density at radius 3 is 2.40 bits per heavy atom. The second-order valence-corrected chi connectivity index (χ2v) is 8.98. The average Bonchev–Trinajstić information content (AvgIpc) is 3.49. The second-order valence-electron chi connectivity index (χ2n) is 8.98. The molecule has 6 heteroatoms. The molecule has 0 atom stereocenters. The van der Waals surface area contributed by atoms with Crippen LogP contribution < -0.4 is 5.32 Å². The molecular formula is C29H29N5O. The number of fused-ring (bicyclic) bond motifs is 1. The fourth-order valence-corrected chi connectivity index (χ4v) is 4.50. The van der Waals surface area contributed by atoms with Crippen LogP contribution in [0.15, 0.2) is 79.1 Å². The Morgan fingerprint density at radius 2 is 1.66 bits per heavy atom. The first kappa shape index (κ1) is 22.6. The zero-order chi connectivity index (χ0) is 24.4. The zero-order valence-electron chi connectivity index (χ0n) is 20.3. The third-order valence-corrected chi connectivity index (χ3v) is 6.35. The third-order valence-electron chi connectivity index (χ3n) is 6.35. The van der Waals surface area contributed by atoms with E-state index in [9.17, 15) is 4.79 Å². The molecule has 176 valence electrons. The lowest BCUT2D eigenvalue weighted by Gasteiger charge is -2.09. The number of nitrogens with one attached hydrogen (secondary N) is 1. The number of carbonyl (C=O) groups excluding carboxylic acids is 1. The summed E-state index contributed by atoms with van der Waals surface area (Å²) in [4.78, 5) is 17.4. The van der Waals surface area contributed by atoms with Gasteiger partial charge in [-0.25, -0.2) is 9.67 Å². The van der Waals surface area contributed by atoms with Gasteiger partial charge in [0, 0.05) is 30.2 Å². The van der Waals surface area contributed by atoms with Gasteiger partial charge in [0.05, 0.1) is 11.9 Å². The number of benzene rings is 2. The van der Waals surface area contributed by atoms with Crippen molar-refractivity contribution in [2.75, 3.05) is 6.54 Å². The molecule has 0 saturated heterocycles. The average molecular weight is 464 g/mol. The Bertz CT molecular complexity index is 1480. The largest absolute Gasteiger partial charge is 0.352 e. The fourth-order valence-electron chi connectivity index (χ4n) is 4.50. The van der Waals surface area contributed by atoms with Crippen molar-refractivity contribution in [3.8, 4) is 5.82 Å². The van der Waals surface area contributed by atoms with Crippen LogP contribution in [-0.4, -0.2) is 31.8 Å². The van der Waals surface area contributed by atoms with Crippen molar-refractivity contribution in [1.82, 2.24) is 24.6 Å². The number of nitrogens with zero attached hydrogens (tertiary/aromatic N) is 4. The third kappa shape index (κ3) is 4.73. The van der Waals surface area contributed by atoms with Crippen LogP contribution in [0.4, 0.5) is 0 Å². The van der Waals surface area contributed by atoms with E-state index in [1.807, 2.05) is 77.1 Å². The highest BCUT2D eigenvalue weighted by atomic mass is 16.1. The molecule has 1 amide bonds. The summed E-state index contributed by atoms with van der Waals surface area (Å²) >= 11 is 0. The van der Waals surface area contributed by atoms with Gasteiger partial charge in [-0.1, -0.05) is 36.4 Å². The number of pyridine rings is 1. The highest BCUT2D eigenvalue weighted by Gasteiger charge is 2.16. The van der Waals surface area contributed by atoms with Gasteiger partial charge < -0.3 is 9.88 Å². The van der Waals surface area contributed by atoms with Gasteiger partial charge in [-0.05, 0) is 79.8 Å². The van der Waals surface area contributed by atoms with Gasteiger partial charge in [0.25, 0.3) is 5.91 Å². The molecule has 0 aliphatic heterocycles. The molecule has 0 aliphatic rings. The maximum absolute atomic E-state index is 12.6. The smallest absolute Gasteiger partial charge is 0.251 e. The van der Waals surface area contributed by atoms with E-state index in [0.717, 1.165) is 40.1 Å². The lowest BCUT2D eigenvalue weighted by molar-refractivity contribution is 0.0954. The lowest BCUT2D eigenvalue weighted by atomic mass is 10.1. The van der Waals surface area contributed by atoms with E-state index in [2.05, 4.69) is 37.4 Å². The van der Waals surface area contributed by atoms with Crippen LogP contribution >= 0.6 is 0 Å². The van der Waals surface area contributed by atoms with Crippen molar-refractivity contribution in [2.24, 2.45) is 0 Å². The van der Waals surface area contributed by atoms with E-state index in [0.29, 0.717) is 18.7 Å². The Morgan fingerprint density at radius 1 is 0.914 bits per heavy atom. The van der Waals surface area contributed by atoms with Gasteiger partial charge in [0.15, 0.2) is 11.5 Å². The summed E-state index contributed by atoms with van der Waals surface area (Å²) in [5.74, 6) is 0.817. The van der Waals surface area contributed by atoms with E-state index in [-0.39, 0.29) is 5.91 Å². The van der Waals surface area contributed by atoms with Gasteiger partial charge >= 0.3 is 0 Å². The fraction of sp³-hybridized carbons (Fsp3) is 0.207. The first-order chi connectivity index (χ1) is 17.0. The Balaban J connectivity index is 1.32. The number of amides is 1. The molecule has 2 aromatic carbocycles. The first-order valence-corrected chi connectivity index (χ1v) is 11.9. The monoisotopic (exact) mass is 463 g/mol. The molecule has 35 heavy (non-hydrogen) atoms. The molecule has 0 radical (unpaired) electrons. The SMILES string of the molecule is Cc1cc(C)c2c(-n3cccc3)nn(Cc3ccc(C(=O)NCCc4ccccc4C)cc3)c2n1. The molecule has 0 spiro atoms. The van der Waals surface area contributed by atoms with E-state index in [4.69, 9.17) is 10.1 Å². The van der Waals surface area contributed by atoms with Crippen molar-refractivity contribution < 1.29 is 4.79 Å². The molecule has 0 bridgehead atoms. The summed E-state index contributed by atoms with van der Waals surface area (Å²) in [6, 6.07) is 22.1. The summed E-state index contributed by atoms with van der Waals surface area (Å²) in [5.41, 5.74) is 7.20. The van der Waals surface area contributed by atoms with E-state index >= 15 is 0 Å². The van der Waals surface area contributed by atoms with E-state index < -0.39 is 0 Å². The molecule has 6 nitrogen and oxygen atoms in total. The zero-order valence-corrected chi connectivity index (χ0v) is 20.3. The van der Waals surface area contributed by atoms with Gasteiger partial charge in [0.1, 0.15) is 0 Å². The Kier molecular flexibility index (Phi) is 6.19. The van der Waals surface area contributed by atoms with Gasteiger partial charge in [-0.2, -0.15) is 5.10 Å². The van der Waals surface area contributed by atoms with E-state index in [1.165, 1.54) is 11.1 Å². The molecule has 3 heterocycles. The quantitative estimate of drug-likeness (QED) is 0.362. The number of aromatic nitrogens is 4. The van der Waals surface area contributed by atoms with Crippen molar-refractivity contribution in [3.63, 3.8) is 0 Å². The van der Waals surface area contributed by atoms with Crippen LogP contribution in [0.3, 0.4) is 0 Å². The Labute approximate surface area is 205 Å². The number of aryl methyl sites for hydroxylation is 3. The summed E-state index contributed by atoms with van der Waals surface area (Å²) in [6.07, 6.45) is 4.81. The minimum Gasteiger partial charge on any atom is -0.352 e. The molecule has 0 unspecified atom stereocenters. The second kappa shape index (κ2) is 9.58. The van der Waals surface area contributed by atoms with Crippen molar-refractivity contribution >= 4 is 16.9 Å². The predicted molar refractivity (Wildman–Crippen MR) is 139 cm³/mol. The van der Waals surface area contributed by atoms with Crippen LogP contribution in [0.25, 0.3) is 16.9 Å². The highest BCUT2D eigenvalue weighted by molar-refractivity contribution is 5.94. The summed E-state index contributed by atoms with van der Waals surface area (Å²) in [7, 11) is 0. The van der Waals surface area contributed by atoms with Gasteiger partial charge in [0.2, 0.25) is 0 Å². The van der Waals surface area contributed by atoms with Crippen molar-refractivity contribution in [3.05, 3.63) is 113 Å². The van der Waals surface area contributed by atoms with E-state index in [1.54, 1.807) is 0 Å². The lowest BCUT2D eigenvalue weighted by Crippen LogP contribution is -2.25. The number of hydrogen-bond acceptors (Lipinski definition) is 3. The van der Waals surface area contributed by atoms with Crippen LogP contribution in [0.1, 0.15) is 38.3 Å². The van der Waals surface area contributed by atoms with Crippen LogP contribution in [0.2, 0.25) is 0 Å². The molecule has 0 saturated carbocycles.